The van der Waals surface area contributed by atoms with Gasteiger partial charge in [-0.25, -0.2) is 0 Å². The van der Waals surface area contributed by atoms with Gasteiger partial charge in [-0.05, 0) is 43.2 Å². The number of anilines is 2. The van der Waals surface area contributed by atoms with Gasteiger partial charge in [0.05, 0.1) is 16.3 Å². The number of aryl methyl sites for hydroxylation is 2. The van der Waals surface area contributed by atoms with Gasteiger partial charge in [-0.3, -0.25) is 0 Å². The van der Waals surface area contributed by atoms with Crippen molar-refractivity contribution in [1.82, 2.24) is 0 Å². The van der Waals surface area contributed by atoms with Gasteiger partial charge in [0.15, 0.2) is 0 Å². The van der Waals surface area contributed by atoms with E-state index in [4.69, 9.17) is 29.6 Å². The lowest BCUT2D eigenvalue weighted by atomic mass is 10.1. The number of hydrogen-bond donors (Lipinski definition) is 2. The highest BCUT2D eigenvalue weighted by Crippen LogP contribution is 2.28. The van der Waals surface area contributed by atoms with Gasteiger partial charge in [0.2, 0.25) is 0 Å². The Morgan fingerprint density at radius 2 is 1.89 bits per heavy atom. The van der Waals surface area contributed by atoms with Crippen molar-refractivity contribution in [2.75, 3.05) is 5.32 Å². The molecule has 98 valence electrons. The predicted octanol–water partition coefficient (Wildman–Crippen LogP) is 4.33. The molecule has 0 aliphatic carbocycles. The van der Waals surface area contributed by atoms with Crippen LogP contribution in [0.4, 0.5) is 11.4 Å². The summed E-state index contributed by atoms with van der Waals surface area (Å²) in [7, 11) is 0. The van der Waals surface area contributed by atoms with E-state index < -0.39 is 0 Å². The average molecular weight is 291 g/mol. The van der Waals surface area contributed by atoms with Gasteiger partial charge in [0.1, 0.15) is 4.99 Å². The molecule has 0 saturated carbocycles. The molecule has 0 aromatic heterocycles. The Morgan fingerprint density at radius 1 is 1.16 bits per heavy atom. The van der Waals surface area contributed by atoms with E-state index in [0.717, 1.165) is 16.9 Å². The maximum absolute atomic E-state index is 6.15. The number of hydrogen-bond acceptors (Lipinski definition) is 2. The Morgan fingerprint density at radius 3 is 2.58 bits per heavy atom. The summed E-state index contributed by atoms with van der Waals surface area (Å²) in [5, 5.41) is 3.91. The Balaban J connectivity index is 2.46. The molecule has 0 heterocycles. The molecular weight excluding hydrogens is 276 g/mol. The van der Waals surface area contributed by atoms with Gasteiger partial charge in [-0.1, -0.05) is 42.0 Å². The van der Waals surface area contributed by atoms with E-state index >= 15 is 0 Å². The molecule has 0 unspecified atom stereocenters. The molecule has 0 atom stereocenters. The smallest absolute Gasteiger partial charge is 0.107 e. The van der Waals surface area contributed by atoms with Crippen molar-refractivity contribution in [2.45, 2.75) is 13.8 Å². The summed E-state index contributed by atoms with van der Waals surface area (Å²) < 4.78 is 0. The molecular formula is C15H15ClN2S. The highest BCUT2D eigenvalue weighted by atomic mass is 35.5. The fraction of sp³-hybridized carbons (Fsp3) is 0.133. The molecule has 2 nitrogen and oxygen atoms in total. The van der Waals surface area contributed by atoms with Gasteiger partial charge in [-0.15, -0.1) is 0 Å². The maximum atomic E-state index is 6.15. The van der Waals surface area contributed by atoms with Crippen LogP contribution < -0.4 is 11.1 Å². The summed E-state index contributed by atoms with van der Waals surface area (Å²) in [6.45, 7) is 4.10. The third-order valence-corrected chi connectivity index (χ3v) is 3.44. The summed E-state index contributed by atoms with van der Waals surface area (Å²) in [5.74, 6) is 0. The van der Waals surface area contributed by atoms with Crippen LogP contribution in [0.3, 0.4) is 0 Å². The van der Waals surface area contributed by atoms with Crippen LogP contribution in [0.1, 0.15) is 16.7 Å². The molecule has 0 aliphatic heterocycles. The molecule has 19 heavy (non-hydrogen) atoms. The molecule has 2 aromatic rings. The molecule has 2 aromatic carbocycles. The normalized spacial score (nSPS) is 10.3. The molecule has 0 saturated heterocycles. The lowest BCUT2D eigenvalue weighted by Gasteiger charge is -2.15. The summed E-state index contributed by atoms with van der Waals surface area (Å²) in [6, 6.07) is 11.8. The first kappa shape index (κ1) is 13.8. The van der Waals surface area contributed by atoms with Crippen molar-refractivity contribution in [3.8, 4) is 0 Å². The number of nitrogens with two attached hydrogens (primary N) is 1. The molecule has 0 aliphatic rings. The minimum atomic E-state index is 0.290. The lowest BCUT2D eigenvalue weighted by Crippen LogP contribution is -2.12. The molecule has 3 N–H and O–H groups in total. The van der Waals surface area contributed by atoms with Gasteiger partial charge in [-0.2, -0.15) is 0 Å². The van der Waals surface area contributed by atoms with Gasteiger partial charge < -0.3 is 11.1 Å². The average Bonchev–Trinajstić information content (AvgIpc) is 2.33. The van der Waals surface area contributed by atoms with Gasteiger partial charge in [0.25, 0.3) is 0 Å². The van der Waals surface area contributed by atoms with Crippen molar-refractivity contribution in [2.24, 2.45) is 5.73 Å². The fourth-order valence-corrected chi connectivity index (χ4v) is 2.45. The molecule has 0 bridgehead atoms. The fourth-order valence-electron chi connectivity index (χ4n) is 1.89. The van der Waals surface area contributed by atoms with Crippen LogP contribution >= 0.6 is 23.8 Å². The van der Waals surface area contributed by atoms with Crippen molar-refractivity contribution < 1.29 is 0 Å². The summed E-state index contributed by atoms with van der Waals surface area (Å²) >= 11 is 11.2. The first-order chi connectivity index (χ1) is 8.99. The zero-order valence-corrected chi connectivity index (χ0v) is 12.4. The molecule has 2 rings (SSSR count). The number of rotatable bonds is 3. The van der Waals surface area contributed by atoms with Crippen LogP contribution in [0.2, 0.25) is 5.02 Å². The van der Waals surface area contributed by atoms with Crippen molar-refractivity contribution in [1.29, 1.82) is 0 Å². The molecule has 0 fully saturated rings. The number of benzene rings is 2. The van der Waals surface area contributed by atoms with Gasteiger partial charge >= 0.3 is 0 Å². The second-order valence-electron chi connectivity index (χ2n) is 4.47. The van der Waals surface area contributed by atoms with Crippen molar-refractivity contribution in [3.63, 3.8) is 0 Å². The SMILES string of the molecule is Cc1ccc(C)c(Nc2cccc(Cl)c2C(N)=S)c1. The van der Waals surface area contributed by atoms with Crippen LogP contribution in [0.5, 0.6) is 0 Å². The Kier molecular flexibility index (Phi) is 4.08. The van der Waals surface area contributed by atoms with Gasteiger partial charge in [0, 0.05) is 5.69 Å². The monoisotopic (exact) mass is 290 g/mol. The van der Waals surface area contributed by atoms with E-state index in [-0.39, 0.29) is 0 Å². The summed E-state index contributed by atoms with van der Waals surface area (Å²) in [5.41, 5.74) is 10.6. The van der Waals surface area contributed by atoms with Crippen LogP contribution in [0.25, 0.3) is 0 Å². The molecule has 0 amide bonds. The largest absolute Gasteiger partial charge is 0.389 e. The van der Waals surface area contributed by atoms with Crippen molar-refractivity contribution >= 4 is 40.2 Å². The summed E-state index contributed by atoms with van der Waals surface area (Å²) in [4.78, 5) is 0.290. The number of nitrogens with one attached hydrogen (secondary N) is 1. The zero-order chi connectivity index (χ0) is 14.0. The number of halogens is 1. The summed E-state index contributed by atoms with van der Waals surface area (Å²) in [6.07, 6.45) is 0. The lowest BCUT2D eigenvalue weighted by molar-refractivity contribution is 1.37. The number of thiocarbonyl (C=S) groups is 1. The van der Waals surface area contributed by atoms with E-state index in [0.29, 0.717) is 15.6 Å². The van der Waals surface area contributed by atoms with E-state index in [1.165, 1.54) is 5.56 Å². The second-order valence-corrected chi connectivity index (χ2v) is 5.32. The minimum Gasteiger partial charge on any atom is -0.389 e. The minimum absolute atomic E-state index is 0.290. The van der Waals surface area contributed by atoms with E-state index in [1.54, 1.807) is 6.07 Å². The molecule has 0 radical (unpaired) electrons. The van der Waals surface area contributed by atoms with E-state index in [2.05, 4.69) is 30.4 Å². The second kappa shape index (κ2) is 5.59. The zero-order valence-electron chi connectivity index (χ0n) is 10.8. The Bertz CT molecular complexity index is 638. The predicted molar refractivity (Wildman–Crippen MR) is 86.5 cm³/mol. The topological polar surface area (TPSA) is 38.0 Å². The van der Waals surface area contributed by atoms with E-state index in [9.17, 15) is 0 Å². The maximum Gasteiger partial charge on any atom is 0.107 e. The van der Waals surface area contributed by atoms with Crippen LogP contribution in [0.15, 0.2) is 36.4 Å². The standard InChI is InChI=1S/C15H15ClN2S/c1-9-6-7-10(2)13(8-9)18-12-5-3-4-11(16)14(12)15(17)19/h3-8,18H,1-2H3,(H2,17,19). The third-order valence-electron chi connectivity index (χ3n) is 2.92. The highest BCUT2D eigenvalue weighted by molar-refractivity contribution is 7.80. The van der Waals surface area contributed by atoms with Crippen molar-refractivity contribution in [3.05, 3.63) is 58.1 Å². The highest BCUT2D eigenvalue weighted by Gasteiger charge is 2.10. The Hall–Kier alpha value is -1.58. The van der Waals surface area contributed by atoms with Crippen LogP contribution in [-0.2, 0) is 0 Å². The van der Waals surface area contributed by atoms with Crippen LogP contribution in [0, 0.1) is 13.8 Å². The molecule has 0 spiro atoms. The first-order valence-electron chi connectivity index (χ1n) is 5.91. The quantitative estimate of drug-likeness (QED) is 0.826. The first-order valence-corrected chi connectivity index (χ1v) is 6.70. The third kappa shape index (κ3) is 3.06. The van der Waals surface area contributed by atoms with Crippen LogP contribution in [-0.4, -0.2) is 4.99 Å². The Labute approximate surface area is 123 Å². The molecule has 4 heteroatoms. The van der Waals surface area contributed by atoms with E-state index in [1.807, 2.05) is 19.1 Å².